The second kappa shape index (κ2) is 9.50. The molecule has 0 N–H and O–H groups in total. The van der Waals surface area contributed by atoms with Crippen molar-refractivity contribution in [2.45, 2.75) is 13.3 Å². The average Bonchev–Trinajstić information content (AvgIpc) is 2.66. The van der Waals surface area contributed by atoms with Gasteiger partial charge in [-0.3, -0.25) is 14.7 Å². The summed E-state index contributed by atoms with van der Waals surface area (Å²) in [5, 5.41) is 11.8. The van der Waals surface area contributed by atoms with E-state index in [1.807, 2.05) is 6.92 Å². The van der Waals surface area contributed by atoms with Crippen molar-refractivity contribution >= 4 is 36.6 Å². The molecule has 0 bridgehead atoms. The van der Waals surface area contributed by atoms with Crippen molar-refractivity contribution in [3.05, 3.63) is 57.1 Å². The normalized spacial score (nSPS) is 11.7. The largest absolute Gasteiger partial charge is 0.467 e. The van der Waals surface area contributed by atoms with Crippen molar-refractivity contribution in [3.8, 4) is 11.5 Å². The van der Waals surface area contributed by atoms with Gasteiger partial charge >= 0.3 is 5.97 Å². The molecule has 0 saturated carbocycles. The van der Waals surface area contributed by atoms with Gasteiger partial charge in [0.25, 0.3) is 5.69 Å². The number of carbonyl (C=O) groups excluding carboxylic acids is 1. The van der Waals surface area contributed by atoms with E-state index in [9.17, 15) is 19.5 Å². The van der Waals surface area contributed by atoms with Gasteiger partial charge in [-0.15, -0.1) is 0 Å². The quantitative estimate of drug-likeness (QED) is 0.280. The number of rotatable bonds is 8. The van der Waals surface area contributed by atoms with Crippen LogP contribution in [0, 0.1) is 10.1 Å². The molecule has 0 saturated heterocycles. The summed E-state index contributed by atoms with van der Waals surface area (Å²) in [6.07, 6.45) is 0.452. The average molecular weight is 414 g/mol. The molecule has 0 amide bonds. The monoisotopic (exact) mass is 413 g/mol. The first kappa shape index (κ1) is 20.9. The van der Waals surface area contributed by atoms with E-state index in [-0.39, 0.29) is 11.0 Å². The van der Waals surface area contributed by atoms with E-state index >= 15 is 0 Å². The molecule has 0 fully saturated rings. The highest BCUT2D eigenvalue weighted by molar-refractivity contribution is 7.48. The van der Waals surface area contributed by atoms with E-state index in [0.29, 0.717) is 28.5 Å². The Kier molecular flexibility index (Phi) is 7.36. The number of halogens is 1. The molecule has 0 spiro atoms. The Labute approximate surface area is 161 Å². The highest BCUT2D eigenvalue weighted by Gasteiger charge is 2.24. The molecule has 8 nitrogen and oxygen atoms in total. The number of methoxy groups -OCH3 is 1. The highest BCUT2D eigenvalue weighted by Crippen LogP contribution is 2.35. The summed E-state index contributed by atoms with van der Waals surface area (Å²) in [4.78, 5) is 21.9. The minimum absolute atomic E-state index is 0.143. The van der Waals surface area contributed by atoms with E-state index in [4.69, 9.17) is 20.9 Å². The number of benzene rings is 2. The van der Waals surface area contributed by atoms with Gasteiger partial charge in [0.05, 0.1) is 12.0 Å². The number of carbonyl (C=O) groups is 1. The van der Waals surface area contributed by atoms with E-state index in [2.05, 4.69) is 4.74 Å². The van der Waals surface area contributed by atoms with Gasteiger partial charge in [0.2, 0.25) is 8.03 Å². The first-order chi connectivity index (χ1) is 12.8. The van der Waals surface area contributed by atoms with Gasteiger partial charge in [-0.25, -0.2) is 4.79 Å². The Bertz CT molecular complexity index is 870. The van der Waals surface area contributed by atoms with Crippen LogP contribution in [0.15, 0.2) is 36.4 Å². The van der Waals surface area contributed by atoms with Gasteiger partial charge < -0.3 is 14.0 Å². The summed E-state index contributed by atoms with van der Waals surface area (Å²) in [5.41, 5.74) is 0.201. The zero-order valence-electron chi connectivity index (χ0n) is 14.6. The van der Waals surface area contributed by atoms with Crippen LogP contribution in [0.4, 0.5) is 5.69 Å². The molecular weight excluding hydrogens is 397 g/mol. The minimum Gasteiger partial charge on any atom is -0.467 e. The highest BCUT2D eigenvalue weighted by atomic mass is 35.5. The standard InChI is InChI=1S/C17H17ClNO7P/c1-3-11-8-14(19(21)22)16(27(23)25-10-17(20)24-2)9-15(11)26-13-6-4-12(18)5-7-13/h4-9,27H,3,10H2,1-2H3. The number of aryl methyl sites for hydroxylation is 1. The topological polar surface area (TPSA) is 105 Å². The van der Waals surface area contributed by atoms with Crippen molar-refractivity contribution in [1.29, 1.82) is 0 Å². The zero-order chi connectivity index (χ0) is 20.0. The first-order valence-corrected chi connectivity index (χ1v) is 9.53. The van der Waals surface area contributed by atoms with Gasteiger partial charge in [0.1, 0.15) is 16.8 Å². The predicted molar refractivity (Wildman–Crippen MR) is 101 cm³/mol. The molecule has 0 aliphatic rings. The molecule has 0 aliphatic carbocycles. The number of hydrogen-bond donors (Lipinski definition) is 0. The fourth-order valence-electron chi connectivity index (χ4n) is 2.19. The third-order valence-corrected chi connectivity index (χ3v) is 5.07. The van der Waals surface area contributed by atoms with Gasteiger partial charge in [0.15, 0.2) is 6.61 Å². The van der Waals surface area contributed by atoms with Crippen molar-refractivity contribution in [3.63, 3.8) is 0 Å². The molecule has 0 radical (unpaired) electrons. The molecule has 0 aliphatic heterocycles. The van der Waals surface area contributed by atoms with Crippen molar-refractivity contribution in [2.75, 3.05) is 13.7 Å². The van der Waals surface area contributed by atoms with Crippen LogP contribution in [-0.2, 0) is 25.0 Å². The van der Waals surface area contributed by atoms with Crippen LogP contribution >= 0.6 is 19.6 Å². The molecule has 0 heterocycles. The summed E-state index contributed by atoms with van der Waals surface area (Å²) in [5.74, 6) is 0.0308. The number of esters is 1. The first-order valence-electron chi connectivity index (χ1n) is 7.84. The molecule has 0 aromatic heterocycles. The van der Waals surface area contributed by atoms with Crippen LogP contribution in [0.25, 0.3) is 0 Å². The summed E-state index contributed by atoms with van der Waals surface area (Å²) in [6, 6.07) is 9.16. The van der Waals surface area contributed by atoms with Crippen LogP contribution in [-0.4, -0.2) is 24.6 Å². The molecule has 2 aromatic rings. The van der Waals surface area contributed by atoms with Crippen molar-refractivity contribution in [1.82, 2.24) is 0 Å². The smallest absolute Gasteiger partial charge is 0.332 e. The van der Waals surface area contributed by atoms with Crippen LogP contribution in [0.5, 0.6) is 11.5 Å². The molecule has 1 unspecified atom stereocenters. The summed E-state index contributed by atoms with van der Waals surface area (Å²) in [7, 11) is -1.93. The maximum atomic E-state index is 12.4. The van der Waals surface area contributed by atoms with E-state index < -0.39 is 25.5 Å². The Morgan fingerprint density at radius 3 is 2.48 bits per heavy atom. The maximum absolute atomic E-state index is 12.4. The molecule has 2 rings (SSSR count). The number of ether oxygens (including phenoxy) is 2. The second-order valence-corrected chi connectivity index (χ2v) is 7.13. The molecule has 144 valence electrons. The third kappa shape index (κ3) is 5.53. The van der Waals surface area contributed by atoms with Gasteiger partial charge in [-0.1, -0.05) is 18.5 Å². The lowest BCUT2D eigenvalue weighted by atomic mass is 10.1. The van der Waals surface area contributed by atoms with E-state index in [0.717, 1.165) is 7.11 Å². The molecule has 27 heavy (non-hydrogen) atoms. The minimum atomic E-state index is -3.08. The Hall–Kier alpha value is -2.41. The number of nitro benzene ring substituents is 1. The zero-order valence-corrected chi connectivity index (χ0v) is 16.3. The second-order valence-electron chi connectivity index (χ2n) is 5.30. The Morgan fingerprint density at radius 2 is 1.93 bits per heavy atom. The van der Waals surface area contributed by atoms with Gasteiger partial charge in [-0.05, 0) is 30.7 Å². The molecule has 1 atom stereocenters. The number of hydrogen-bond acceptors (Lipinski definition) is 7. The third-order valence-electron chi connectivity index (χ3n) is 3.57. The lowest BCUT2D eigenvalue weighted by Crippen LogP contribution is -2.12. The fraction of sp³-hybridized carbons (Fsp3) is 0.235. The summed E-state index contributed by atoms with van der Waals surface area (Å²) < 4.78 is 27.6. The van der Waals surface area contributed by atoms with Crippen LogP contribution in [0.2, 0.25) is 5.02 Å². The van der Waals surface area contributed by atoms with Crippen LogP contribution in [0.1, 0.15) is 12.5 Å². The van der Waals surface area contributed by atoms with Gasteiger partial charge in [-0.2, -0.15) is 0 Å². The maximum Gasteiger partial charge on any atom is 0.332 e. The number of nitrogens with zero attached hydrogens (tertiary/aromatic N) is 1. The summed E-state index contributed by atoms with van der Waals surface area (Å²) in [6.45, 7) is 1.23. The van der Waals surface area contributed by atoms with Crippen molar-refractivity contribution in [2.24, 2.45) is 0 Å². The fourth-order valence-corrected chi connectivity index (χ4v) is 3.34. The van der Waals surface area contributed by atoms with Gasteiger partial charge in [0, 0.05) is 22.7 Å². The number of nitro groups is 1. The van der Waals surface area contributed by atoms with Crippen molar-refractivity contribution < 1.29 is 28.3 Å². The predicted octanol–water partition coefficient (Wildman–Crippen LogP) is 3.89. The Morgan fingerprint density at radius 1 is 1.26 bits per heavy atom. The summed E-state index contributed by atoms with van der Waals surface area (Å²) >= 11 is 5.85. The SMILES string of the molecule is CCc1cc([N+](=O)[O-])c([PH](=O)OCC(=O)OC)cc1Oc1ccc(Cl)cc1. The van der Waals surface area contributed by atoms with Crippen LogP contribution < -0.4 is 10.0 Å². The molecule has 2 aromatic carbocycles. The molecular formula is C17H17ClNO7P. The molecule has 10 heteroatoms. The van der Waals surface area contributed by atoms with Crippen LogP contribution in [0.3, 0.4) is 0 Å². The van der Waals surface area contributed by atoms with E-state index in [1.54, 1.807) is 24.3 Å². The lowest BCUT2D eigenvalue weighted by Gasteiger charge is -2.13. The van der Waals surface area contributed by atoms with E-state index in [1.165, 1.54) is 12.1 Å². The lowest BCUT2D eigenvalue weighted by molar-refractivity contribution is -0.383. The Balaban J connectivity index is 2.41.